The number of hydrogen-bond acceptors (Lipinski definition) is 5. The van der Waals surface area contributed by atoms with Crippen LogP contribution >= 0.6 is 0 Å². The highest BCUT2D eigenvalue weighted by molar-refractivity contribution is 5.98. The number of hydrogen-bond donors (Lipinski definition) is 1. The molecule has 0 saturated carbocycles. The molecular weight excluding hydrogens is 500 g/mol. The van der Waals surface area contributed by atoms with Crippen LogP contribution in [0.1, 0.15) is 34.1 Å². The van der Waals surface area contributed by atoms with Crippen LogP contribution in [0, 0.1) is 18.6 Å². The SMILES string of the molecule is C=C(C)c1cnc2c(Oc3ccc(CC(=O)c4c[nH]c(C)c(-c5ccc(F)cc5)c4=O)cc3F)ccnc2c1. The van der Waals surface area contributed by atoms with Crippen LogP contribution in [0.25, 0.3) is 27.7 Å². The molecule has 0 unspecified atom stereocenters. The first-order valence-corrected chi connectivity index (χ1v) is 12.1. The summed E-state index contributed by atoms with van der Waals surface area (Å²) in [5, 5.41) is 0. The van der Waals surface area contributed by atoms with Crippen molar-refractivity contribution in [2.24, 2.45) is 0 Å². The van der Waals surface area contributed by atoms with Crippen molar-refractivity contribution in [3.63, 3.8) is 0 Å². The Balaban J connectivity index is 1.38. The Morgan fingerprint density at radius 2 is 1.79 bits per heavy atom. The van der Waals surface area contributed by atoms with Gasteiger partial charge in [0.2, 0.25) is 0 Å². The molecule has 0 radical (unpaired) electrons. The Bertz CT molecular complexity index is 1810. The highest BCUT2D eigenvalue weighted by atomic mass is 19.1. The number of carbonyl (C=O) groups is 1. The maximum Gasteiger partial charge on any atom is 0.200 e. The predicted octanol–water partition coefficient (Wildman–Crippen LogP) is 6.82. The third kappa shape index (κ3) is 5.22. The summed E-state index contributed by atoms with van der Waals surface area (Å²) in [5.74, 6) is -1.30. The number of halogens is 2. The Kier molecular flexibility index (Phi) is 6.85. The first-order valence-electron chi connectivity index (χ1n) is 12.1. The number of benzene rings is 2. The van der Waals surface area contributed by atoms with Crippen molar-refractivity contribution in [2.45, 2.75) is 20.3 Å². The van der Waals surface area contributed by atoms with Crippen LogP contribution in [0.2, 0.25) is 0 Å². The normalized spacial score (nSPS) is 11.0. The van der Waals surface area contributed by atoms with Gasteiger partial charge in [0.15, 0.2) is 28.5 Å². The van der Waals surface area contributed by atoms with Crippen LogP contribution in [0.5, 0.6) is 11.5 Å². The van der Waals surface area contributed by atoms with E-state index >= 15 is 4.39 Å². The van der Waals surface area contributed by atoms with Gasteiger partial charge >= 0.3 is 0 Å². The van der Waals surface area contributed by atoms with E-state index in [1.807, 2.05) is 13.0 Å². The van der Waals surface area contributed by atoms with E-state index in [-0.39, 0.29) is 23.3 Å². The lowest BCUT2D eigenvalue weighted by molar-refractivity contribution is 0.0991. The van der Waals surface area contributed by atoms with E-state index in [1.54, 1.807) is 31.5 Å². The van der Waals surface area contributed by atoms with Crippen molar-refractivity contribution >= 4 is 22.4 Å². The van der Waals surface area contributed by atoms with Gasteiger partial charge in [0.05, 0.1) is 11.1 Å². The molecule has 0 aliphatic rings. The number of aromatic amines is 1. The average molecular weight is 524 g/mol. The summed E-state index contributed by atoms with van der Waals surface area (Å²) in [6.07, 6.45) is 4.35. The van der Waals surface area contributed by atoms with Crippen molar-refractivity contribution in [3.05, 3.63) is 124 Å². The van der Waals surface area contributed by atoms with E-state index in [1.165, 1.54) is 42.6 Å². The minimum atomic E-state index is -0.673. The lowest BCUT2D eigenvalue weighted by Crippen LogP contribution is -2.20. The Hall–Kier alpha value is -4.98. The number of nitrogens with zero attached hydrogens (tertiary/aromatic N) is 2. The predicted molar refractivity (Wildman–Crippen MR) is 146 cm³/mol. The van der Waals surface area contributed by atoms with Gasteiger partial charge in [-0.25, -0.2) is 8.78 Å². The molecule has 0 aliphatic heterocycles. The smallest absolute Gasteiger partial charge is 0.200 e. The molecule has 0 spiro atoms. The molecule has 39 heavy (non-hydrogen) atoms. The van der Waals surface area contributed by atoms with Gasteiger partial charge in [-0.3, -0.25) is 19.6 Å². The van der Waals surface area contributed by atoms with Crippen LogP contribution in [0.3, 0.4) is 0 Å². The molecule has 0 aliphatic carbocycles. The van der Waals surface area contributed by atoms with Gasteiger partial charge < -0.3 is 9.72 Å². The first-order chi connectivity index (χ1) is 18.7. The summed E-state index contributed by atoms with van der Waals surface area (Å²) < 4.78 is 34.2. The largest absolute Gasteiger partial charge is 0.452 e. The zero-order valence-electron chi connectivity index (χ0n) is 21.2. The van der Waals surface area contributed by atoms with Crippen LogP contribution < -0.4 is 10.2 Å². The Morgan fingerprint density at radius 3 is 2.51 bits per heavy atom. The second-order valence-electron chi connectivity index (χ2n) is 9.19. The molecule has 0 fully saturated rings. The van der Waals surface area contributed by atoms with Crippen molar-refractivity contribution in [3.8, 4) is 22.6 Å². The molecule has 1 N–H and O–H groups in total. The van der Waals surface area contributed by atoms with Crippen LogP contribution in [0.15, 0.2) is 84.6 Å². The quantitative estimate of drug-likeness (QED) is 0.237. The van der Waals surface area contributed by atoms with Gasteiger partial charge in [0.25, 0.3) is 0 Å². The van der Waals surface area contributed by atoms with Gasteiger partial charge in [0.1, 0.15) is 11.3 Å². The Morgan fingerprint density at radius 1 is 1.03 bits per heavy atom. The lowest BCUT2D eigenvalue weighted by Gasteiger charge is -2.11. The van der Waals surface area contributed by atoms with Gasteiger partial charge in [-0.2, -0.15) is 0 Å². The molecule has 3 heterocycles. The number of pyridine rings is 3. The molecule has 5 aromatic rings. The number of aryl methyl sites for hydroxylation is 1. The van der Waals surface area contributed by atoms with Crippen molar-refractivity contribution in [2.75, 3.05) is 0 Å². The summed E-state index contributed by atoms with van der Waals surface area (Å²) in [7, 11) is 0. The fourth-order valence-electron chi connectivity index (χ4n) is 4.25. The second-order valence-corrected chi connectivity index (χ2v) is 9.19. The fraction of sp³-hybridized carbons (Fsp3) is 0.0968. The molecule has 5 rings (SSSR count). The molecule has 0 bridgehead atoms. The Labute approximate surface area is 222 Å². The molecule has 0 saturated heterocycles. The third-order valence-corrected chi connectivity index (χ3v) is 6.33. The minimum absolute atomic E-state index is 0.0451. The average Bonchev–Trinajstić information content (AvgIpc) is 2.91. The number of rotatable bonds is 7. The van der Waals surface area contributed by atoms with E-state index < -0.39 is 22.8 Å². The first kappa shape index (κ1) is 25.7. The number of ether oxygens (including phenoxy) is 1. The minimum Gasteiger partial charge on any atom is -0.452 e. The standard InChI is InChI=1S/C31H23F2N3O3/c1-17(2)21-14-25-30(36-15-21)28(10-11-34-25)39-27-9-4-19(12-24(27)33)13-26(37)23-16-35-18(3)29(31(23)38)20-5-7-22(32)8-6-20/h4-12,14-16H,1,13H2,2-3H3,(H,35,38). The molecule has 3 aromatic heterocycles. The molecule has 2 aromatic carbocycles. The molecule has 8 heteroatoms. The number of allylic oxidation sites excluding steroid dienone is 1. The van der Waals surface area contributed by atoms with Crippen LogP contribution in [-0.4, -0.2) is 20.7 Å². The topological polar surface area (TPSA) is 84.9 Å². The number of Topliss-reactive ketones (excluding diaryl/α,β-unsaturated/α-hetero) is 1. The lowest BCUT2D eigenvalue weighted by atomic mass is 9.98. The molecule has 194 valence electrons. The van der Waals surface area contributed by atoms with E-state index in [4.69, 9.17) is 4.74 Å². The molecule has 0 amide bonds. The maximum absolute atomic E-state index is 15.0. The zero-order chi connectivity index (χ0) is 27.7. The summed E-state index contributed by atoms with van der Waals surface area (Å²) in [4.78, 5) is 37.8. The number of aromatic nitrogens is 3. The maximum atomic E-state index is 15.0. The molecule has 6 nitrogen and oxygen atoms in total. The summed E-state index contributed by atoms with van der Waals surface area (Å²) in [6.45, 7) is 7.47. The van der Waals surface area contributed by atoms with Crippen molar-refractivity contribution in [1.82, 2.24) is 15.0 Å². The summed E-state index contributed by atoms with van der Waals surface area (Å²) >= 11 is 0. The highest BCUT2D eigenvalue weighted by Crippen LogP contribution is 2.30. The number of carbonyl (C=O) groups excluding carboxylic acids is 1. The van der Waals surface area contributed by atoms with E-state index in [0.29, 0.717) is 33.6 Å². The number of H-pyrrole nitrogens is 1. The summed E-state index contributed by atoms with van der Waals surface area (Å²) in [6, 6.07) is 13.1. The van der Waals surface area contributed by atoms with Crippen molar-refractivity contribution in [1.29, 1.82) is 0 Å². The van der Waals surface area contributed by atoms with Crippen LogP contribution in [0.4, 0.5) is 8.78 Å². The molecule has 0 atom stereocenters. The zero-order valence-corrected chi connectivity index (χ0v) is 21.2. The van der Waals surface area contributed by atoms with Gasteiger partial charge in [-0.15, -0.1) is 0 Å². The van der Waals surface area contributed by atoms with Gasteiger partial charge in [0, 0.05) is 42.3 Å². The number of nitrogens with one attached hydrogen (secondary N) is 1. The van der Waals surface area contributed by atoms with Crippen LogP contribution in [-0.2, 0) is 6.42 Å². The second kappa shape index (κ2) is 10.4. The van der Waals surface area contributed by atoms with E-state index in [2.05, 4.69) is 21.5 Å². The number of fused-ring (bicyclic) bond motifs is 1. The van der Waals surface area contributed by atoms with Gasteiger partial charge in [-0.05, 0) is 66.4 Å². The van der Waals surface area contributed by atoms with Crippen molar-refractivity contribution < 1.29 is 18.3 Å². The monoisotopic (exact) mass is 523 g/mol. The summed E-state index contributed by atoms with van der Waals surface area (Å²) in [5.41, 5.74) is 3.88. The van der Waals surface area contributed by atoms with E-state index in [9.17, 15) is 14.0 Å². The van der Waals surface area contributed by atoms with E-state index in [0.717, 1.165) is 11.1 Å². The molecular formula is C31H23F2N3O3. The number of ketones is 1. The fourth-order valence-corrected chi connectivity index (χ4v) is 4.25. The van der Waals surface area contributed by atoms with Gasteiger partial charge in [-0.1, -0.05) is 24.8 Å². The third-order valence-electron chi connectivity index (χ3n) is 6.33. The highest BCUT2D eigenvalue weighted by Gasteiger charge is 2.18.